The molecular weight excluding hydrogens is 214 g/mol. The molecule has 2 N–H and O–H groups in total. The Bertz CT molecular complexity index is 174. The molecule has 90 valence electrons. The van der Waals surface area contributed by atoms with E-state index in [-0.39, 0.29) is 18.4 Å². The van der Waals surface area contributed by atoms with Gasteiger partial charge in [0, 0.05) is 0 Å². The monoisotopic (exact) mass is 235 g/mol. The van der Waals surface area contributed by atoms with Gasteiger partial charge in [0.25, 0.3) is 0 Å². The molecule has 0 saturated carbocycles. The largest absolute Gasteiger partial charge is 0.465 e. The fourth-order valence-electron chi connectivity index (χ4n) is 1.20. The second-order valence-corrected chi connectivity index (χ2v) is 3.29. The van der Waals surface area contributed by atoms with Crippen molar-refractivity contribution in [2.45, 2.75) is 45.1 Å². The van der Waals surface area contributed by atoms with Crippen molar-refractivity contribution in [2.75, 3.05) is 6.61 Å². The Balaban J connectivity index is 0. The number of unbranched alkanes of at least 4 members (excludes halogenated alkanes) is 3. The summed E-state index contributed by atoms with van der Waals surface area (Å²) in [5.41, 5.74) is 5.62. The van der Waals surface area contributed by atoms with Crippen molar-refractivity contribution in [3.05, 3.63) is 12.7 Å². The van der Waals surface area contributed by atoms with Crippen molar-refractivity contribution in [3.8, 4) is 0 Å². The first-order valence-electron chi connectivity index (χ1n) is 5.25. The normalized spacial score (nSPS) is 11.3. The Morgan fingerprint density at radius 3 is 2.67 bits per heavy atom. The minimum Gasteiger partial charge on any atom is -0.465 e. The molecule has 0 unspecified atom stereocenters. The first-order valence-corrected chi connectivity index (χ1v) is 5.25. The van der Waals surface area contributed by atoms with Crippen molar-refractivity contribution in [1.82, 2.24) is 0 Å². The topological polar surface area (TPSA) is 52.3 Å². The highest BCUT2D eigenvalue weighted by molar-refractivity contribution is 5.85. The second kappa shape index (κ2) is 11.5. The van der Waals surface area contributed by atoms with Crippen LogP contribution in [0.25, 0.3) is 0 Å². The van der Waals surface area contributed by atoms with Crippen LogP contribution >= 0.6 is 12.4 Å². The molecule has 0 aliphatic carbocycles. The third kappa shape index (κ3) is 9.76. The minimum absolute atomic E-state index is 0. The quantitative estimate of drug-likeness (QED) is 0.399. The summed E-state index contributed by atoms with van der Waals surface area (Å²) in [6.45, 7) is 5.84. The van der Waals surface area contributed by atoms with E-state index in [1.165, 1.54) is 0 Å². The molecule has 4 heteroatoms. The van der Waals surface area contributed by atoms with Crippen LogP contribution in [0, 0.1) is 0 Å². The van der Waals surface area contributed by atoms with Gasteiger partial charge in [0.15, 0.2) is 0 Å². The number of rotatable bonds is 8. The maximum absolute atomic E-state index is 11.1. The summed E-state index contributed by atoms with van der Waals surface area (Å²) < 4.78 is 4.80. The predicted molar refractivity (Wildman–Crippen MR) is 65.1 cm³/mol. The Kier molecular flexibility index (Phi) is 13.0. The minimum atomic E-state index is -0.446. The molecular formula is C11H22ClNO2. The lowest BCUT2D eigenvalue weighted by atomic mass is 10.1. The highest BCUT2D eigenvalue weighted by Gasteiger charge is 2.12. The molecule has 0 saturated heterocycles. The maximum Gasteiger partial charge on any atom is 0.322 e. The summed E-state index contributed by atoms with van der Waals surface area (Å²) in [6, 6.07) is -0.446. The van der Waals surface area contributed by atoms with Crippen molar-refractivity contribution in [2.24, 2.45) is 5.73 Å². The number of hydrogen-bond donors (Lipinski definition) is 1. The molecule has 0 aromatic heterocycles. The van der Waals surface area contributed by atoms with Crippen molar-refractivity contribution < 1.29 is 9.53 Å². The van der Waals surface area contributed by atoms with Gasteiger partial charge in [0.1, 0.15) is 6.04 Å². The summed E-state index contributed by atoms with van der Waals surface area (Å²) in [7, 11) is 0. The highest BCUT2D eigenvalue weighted by Crippen LogP contribution is 2.05. The van der Waals surface area contributed by atoms with Gasteiger partial charge in [-0.05, 0) is 26.2 Å². The third-order valence-electron chi connectivity index (χ3n) is 2.01. The number of ether oxygens (including phenoxy) is 1. The van der Waals surface area contributed by atoms with Gasteiger partial charge in [-0.3, -0.25) is 4.79 Å². The summed E-state index contributed by atoms with van der Waals surface area (Å²) in [6.07, 6.45) is 6.86. The molecule has 0 aromatic rings. The van der Waals surface area contributed by atoms with E-state index in [0.717, 1.165) is 32.1 Å². The van der Waals surface area contributed by atoms with Gasteiger partial charge in [-0.2, -0.15) is 0 Å². The van der Waals surface area contributed by atoms with E-state index in [1.807, 2.05) is 6.08 Å². The SMILES string of the molecule is C=CCCCCC[C@@H](N)C(=O)OCC.Cl. The molecule has 0 aliphatic rings. The van der Waals surface area contributed by atoms with Gasteiger partial charge in [0.05, 0.1) is 6.61 Å². The molecule has 0 aliphatic heterocycles. The predicted octanol–water partition coefficient (Wildman–Crippen LogP) is 2.44. The van der Waals surface area contributed by atoms with Crippen LogP contribution in [0.1, 0.15) is 39.0 Å². The summed E-state index contributed by atoms with van der Waals surface area (Å²) in [5, 5.41) is 0. The number of halogens is 1. The van der Waals surface area contributed by atoms with Crippen LogP contribution in [0.2, 0.25) is 0 Å². The smallest absolute Gasteiger partial charge is 0.322 e. The number of hydrogen-bond acceptors (Lipinski definition) is 3. The number of carbonyl (C=O) groups is 1. The molecule has 0 fully saturated rings. The molecule has 0 spiro atoms. The molecule has 3 nitrogen and oxygen atoms in total. The number of esters is 1. The average molecular weight is 236 g/mol. The van der Waals surface area contributed by atoms with Crippen molar-refractivity contribution in [1.29, 1.82) is 0 Å². The van der Waals surface area contributed by atoms with Crippen LogP contribution in [-0.2, 0) is 9.53 Å². The van der Waals surface area contributed by atoms with E-state index < -0.39 is 6.04 Å². The van der Waals surface area contributed by atoms with Crippen LogP contribution < -0.4 is 5.73 Å². The molecule has 15 heavy (non-hydrogen) atoms. The molecule has 0 amide bonds. The van der Waals surface area contributed by atoms with Gasteiger partial charge in [0.2, 0.25) is 0 Å². The van der Waals surface area contributed by atoms with Crippen LogP contribution in [-0.4, -0.2) is 18.6 Å². The van der Waals surface area contributed by atoms with E-state index >= 15 is 0 Å². The standard InChI is InChI=1S/C11H21NO2.ClH/c1-3-5-6-7-8-9-10(12)11(13)14-4-2;/h3,10H,1,4-9,12H2,2H3;1H/t10-;/m1./s1. The Labute approximate surface area is 98.5 Å². The lowest BCUT2D eigenvalue weighted by Gasteiger charge is -2.09. The van der Waals surface area contributed by atoms with Crippen LogP contribution in [0.15, 0.2) is 12.7 Å². The zero-order chi connectivity index (χ0) is 10.8. The average Bonchev–Trinajstić information content (AvgIpc) is 2.17. The van der Waals surface area contributed by atoms with Crippen molar-refractivity contribution in [3.63, 3.8) is 0 Å². The second-order valence-electron chi connectivity index (χ2n) is 3.29. The van der Waals surface area contributed by atoms with E-state index in [2.05, 4.69) is 6.58 Å². The van der Waals surface area contributed by atoms with E-state index in [9.17, 15) is 4.79 Å². The van der Waals surface area contributed by atoms with Gasteiger partial charge in [-0.1, -0.05) is 18.9 Å². The van der Waals surface area contributed by atoms with E-state index in [0.29, 0.717) is 6.61 Å². The Morgan fingerprint density at radius 2 is 2.13 bits per heavy atom. The van der Waals surface area contributed by atoms with Gasteiger partial charge in [-0.15, -0.1) is 19.0 Å². The fraction of sp³-hybridized carbons (Fsp3) is 0.727. The molecule has 0 aromatic carbocycles. The van der Waals surface area contributed by atoms with E-state index in [1.54, 1.807) is 6.92 Å². The zero-order valence-corrected chi connectivity index (χ0v) is 10.2. The molecule has 0 heterocycles. The molecule has 1 atom stereocenters. The summed E-state index contributed by atoms with van der Waals surface area (Å²) in [5.74, 6) is -0.281. The number of nitrogens with two attached hydrogens (primary N) is 1. The third-order valence-corrected chi connectivity index (χ3v) is 2.01. The fourth-order valence-corrected chi connectivity index (χ4v) is 1.20. The summed E-state index contributed by atoms with van der Waals surface area (Å²) >= 11 is 0. The van der Waals surface area contributed by atoms with Crippen molar-refractivity contribution >= 4 is 18.4 Å². The summed E-state index contributed by atoms with van der Waals surface area (Å²) in [4.78, 5) is 11.1. The molecule has 0 bridgehead atoms. The van der Waals surface area contributed by atoms with Crippen LogP contribution in [0.4, 0.5) is 0 Å². The lowest BCUT2D eigenvalue weighted by molar-refractivity contribution is -0.144. The van der Waals surface area contributed by atoms with Gasteiger partial charge >= 0.3 is 5.97 Å². The first kappa shape index (κ1) is 16.9. The van der Waals surface area contributed by atoms with Crippen LogP contribution in [0.5, 0.6) is 0 Å². The molecule has 0 rings (SSSR count). The highest BCUT2D eigenvalue weighted by atomic mass is 35.5. The van der Waals surface area contributed by atoms with Crippen LogP contribution in [0.3, 0.4) is 0 Å². The first-order chi connectivity index (χ1) is 6.72. The zero-order valence-electron chi connectivity index (χ0n) is 9.41. The Hall–Kier alpha value is -0.540. The Morgan fingerprint density at radius 1 is 1.47 bits per heavy atom. The molecule has 0 radical (unpaired) electrons. The lowest BCUT2D eigenvalue weighted by Crippen LogP contribution is -2.32. The maximum atomic E-state index is 11.1. The number of allylic oxidation sites excluding steroid dienone is 1. The van der Waals surface area contributed by atoms with Gasteiger partial charge < -0.3 is 10.5 Å². The van der Waals surface area contributed by atoms with Gasteiger partial charge in [-0.25, -0.2) is 0 Å². The van der Waals surface area contributed by atoms with E-state index in [4.69, 9.17) is 10.5 Å². The number of carbonyl (C=O) groups excluding carboxylic acids is 1.